The third kappa shape index (κ3) is 2.79. The number of benzene rings is 1. The highest BCUT2D eigenvalue weighted by Crippen LogP contribution is 2.44. The number of amides is 1. The zero-order chi connectivity index (χ0) is 17.4. The van der Waals surface area contributed by atoms with E-state index in [1.807, 2.05) is 18.2 Å². The number of nitriles is 1. The van der Waals surface area contributed by atoms with E-state index in [0.29, 0.717) is 31.1 Å². The summed E-state index contributed by atoms with van der Waals surface area (Å²) in [7, 11) is 0. The number of rotatable bonds is 2. The molecule has 0 radical (unpaired) electrons. The normalized spacial score (nSPS) is 35.3. The molecular formula is C20H25N3O2. The molecule has 0 aromatic heterocycles. The van der Waals surface area contributed by atoms with Gasteiger partial charge in [-0.15, -0.1) is 0 Å². The van der Waals surface area contributed by atoms with Gasteiger partial charge in [-0.1, -0.05) is 30.3 Å². The topological polar surface area (TPSA) is 67.6 Å². The lowest BCUT2D eigenvalue weighted by atomic mass is 9.67. The van der Waals surface area contributed by atoms with Gasteiger partial charge in [-0.3, -0.25) is 4.90 Å². The number of hydrogen-bond donors (Lipinski definition) is 1. The van der Waals surface area contributed by atoms with Gasteiger partial charge in [0.25, 0.3) is 0 Å². The number of piperidine rings is 1. The van der Waals surface area contributed by atoms with Crippen LogP contribution in [0.2, 0.25) is 0 Å². The van der Waals surface area contributed by atoms with Gasteiger partial charge in [0.2, 0.25) is 0 Å². The summed E-state index contributed by atoms with van der Waals surface area (Å²) in [6.07, 6.45) is 4.15. The van der Waals surface area contributed by atoms with Crippen molar-refractivity contribution in [3.63, 3.8) is 0 Å². The largest absolute Gasteiger partial charge is 0.465 e. The molecule has 1 aromatic carbocycles. The van der Waals surface area contributed by atoms with Gasteiger partial charge in [0, 0.05) is 37.6 Å². The first-order valence-electron chi connectivity index (χ1n) is 9.33. The first-order valence-corrected chi connectivity index (χ1v) is 9.33. The van der Waals surface area contributed by atoms with Crippen LogP contribution < -0.4 is 0 Å². The molecule has 2 aliphatic heterocycles. The van der Waals surface area contributed by atoms with Crippen molar-refractivity contribution in [3.05, 3.63) is 35.9 Å². The van der Waals surface area contributed by atoms with E-state index in [9.17, 15) is 10.1 Å². The number of likely N-dealkylation sites (tertiary alicyclic amines) is 2. The van der Waals surface area contributed by atoms with E-state index in [2.05, 4.69) is 23.1 Å². The second-order valence-corrected chi connectivity index (χ2v) is 7.83. The molecule has 5 heteroatoms. The molecule has 5 nitrogen and oxygen atoms in total. The Bertz CT molecular complexity index is 676. The summed E-state index contributed by atoms with van der Waals surface area (Å²) in [5.74, 6) is 0.502. The first kappa shape index (κ1) is 16.4. The van der Waals surface area contributed by atoms with E-state index < -0.39 is 6.09 Å². The Morgan fingerprint density at radius 2 is 1.88 bits per heavy atom. The standard InChI is InChI=1S/C20H25N3O2/c21-14-20(16-4-2-1-3-5-16)9-6-17(7-10-20)23-13-15-12-22(19(24)25)11-8-18(15)23/h1-5,15,17-18H,6-13H2,(H,24,25). The summed E-state index contributed by atoms with van der Waals surface area (Å²) in [6.45, 7) is 2.37. The van der Waals surface area contributed by atoms with Gasteiger partial charge in [0.15, 0.2) is 0 Å². The summed E-state index contributed by atoms with van der Waals surface area (Å²) in [5, 5.41) is 19.0. The van der Waals surface area contributed by atoms with Gasteiger partial charge < -0.3 is 10.0 Å². The minimum atomic E-state index is -0.781. The lowest BCUT2D eigenvalue weighted by Gasteiger charge is -2.57. The molecular weight excluding hydrogens is 314 g/mol. The molecule has 4 rings (SSSR count). The van der Waals surface area contributed by atoms with Crippen molar-refractivity contribution in [3.8, 4) is 6.07 Å². The summed E-state index contributed by atoms with van der Waals surface area (Å²) >= 11 is 0. The third-order valence-corrected chi connectivity index (χ3v) is 6.65. The maximum absolute atomic E-state index is 11.1. The second-order valence-electron chi connectivity index (χ2n) is 7.83. The predicted octanol–water partition coefficient (Wildman–Crippen LogP) is 3.07. The number of carboxylic acid groups (broad SMARTS) is 1. The van der Waals surface area contributed by atoms with E-state index in [1.54, 1.807) is 4.90 Å². The molecule has 2 saturated heterocycles. The van der Waals surface area contributed by atoms with Crippen molar-refractivity contribution in [2.45, 2.75) is 49.6 Å². The summed E-state index contributed by atoms with van der Waals surface area (Å²) < 4.78 is 0. The molecule has 1 N–H and O–H groups in total. The number of nitrogens with zero attached hydrogens (tertiary/aromatic N) is 3. The van der Waals surface area contributed by atoms with Crippen LogP contribution in [0.4, 0.5) is 4.79 Å². The van der Waals surface area contributed by atoms with E-state index in [-0.39, 0.29) is 5.41 Å². The van der Waals surface area contributed by atoms with Crippen molar-refractivity contribution >= 4 is 6.09 Å². The van der Waals surface area contributed by atoms with Crippen molar-refractivity contribution < 1.29 is 9.90 Å². The van der Waals surface area contributed by atoms with Crippen LogP contribution >= 0.6 is 0 Å². The smallest absolute Gasteiger partial charge is 0.407 e. The fourth-order valence-corrected chi connectivity index (χ4v) is 5.15. The van der Waals surface area contributed by atoms with Crippen molar-refractivity contribution in [1.82, 2.24) is 9.80 Å². The highest BCUT2D eigenvalue weighted by Gasteiger charge is 2.48. The Balaban J connectivity index is 1.37. The number of fused-ring (bicyclic) bond motifs is 1. The van der Waals surface area contributed by atoms with E-state index in [4.69, 9.17) is 5.11 Å². The van der Waals surface area contributed by atoms with E-state index in [0.717, 1.165) is 44.2 Å². The highest BCUT2D eigenvalue weighted by atomic mass is 16.4. The zero-order valence-electron chi connectivity index (χ0n) is 14.5. The molecule has 132 valence electrons. The molecule has 0 spiro atoms. The number of carbonyl (C=O) groups is 1. The summed E-state index contributed by atoms with van der Waals surface area (Å²) in [4.78, 5) is 15.3. The van der Waals surface area contributed by atoms with Gasteiger partial charge in [0.1, 0.15) is 0 Å². The van der Waals surface area contributed by atoms with Gasteiger partial charge in [0.05, 0.1) is 11.5 Å². The Kier molecular flexibility index (Phi) is 4.16. The molecule has 1 saturated carbocycles. The van der Waals surface area contributed by atoms with Crippen LogP contribution in [0, 0.1) is 17.2 Å². The molecule has 1 aliphatic carbocycles. The molecule has 3 aliphatic rings. The van der Waals surface area contributed by atoms with Crippen LogP contribution in [0.5, 0.6) is 0 Å². The fourth-order valence-electron chi connectivity index (χ4n) is 5.15. The van der Waals surface area contributed by atoms with Gasteiger partial charge >= 0.3 is 6.09 Å². The van der Waals surface area contributed by atoms with Crippen LogP contribution in [0.1, 0.15) is 37.7 Å². The van der Waals surface area contributed by atoms with Crippen molar-refractivity contribution in [2.75, 3.05) is 19.6 Å². The molecule has 25 heavy (non-hydrogen) atoms. The van der Waals surface area contributed by atoms with Crippen LogP contribution in [0.15, 0.2) is 30.3 Å². The van der Waals surface area contributed by atoms with Gasteiger partial charge in [-0.2, -0.15) is 5.26 Å². The molecule has 2 heterocycles. The molecule has 3 fully saturated rings. The lowest BCUT2D eigenvalue weighted by molar-refractivity contribution is -0.0747. The van der Waals surface area contributed by atoms with E-state index in [1.165, 1.54) is 0 Å². The zero-order valence-corrected chi connectivity index (χ0v) is 14.5. The van der Waals surface area contributed by atoms with Gasteiger partial charge in [-0.05, 0) is 37.7 Å². The third-order valence-electron chi connectivity index (χ3n) is 6.65. The maximum atomic E-state index is 11.1. The van der Waals surface area contributed by atoms with Gasteiger partial charge in [-0.25, -0.2) is 4.79 Å². The summed E-state index contributed by atoms with van der Waals surface area (Å²) in [6, 6.07) is 13.9. The quantitative estimate of drug-likeness (QED) is 0.899. The summed E-state index contributed by atoms with van der Waals surface area (Å²) in [5.41, 5.74) is 0.835. The first-order chi connectivity index (χ1) is 12.1. The predicted molar refractivity (Wildman–Crippen MR) is 94.2 cm³/mol. The molecule has 2 atom stereocenters. The van der Waals surface area contributed by atoms with Crippen LogP contribution in [-0.4, -0.2) is 52.7 Å². The Hall–Kier alpha value is -2.06. The molecule has 2 unspecified atom stereocenters. The van der Waals surface area contributed by atoms with Crippen molar-refractivity contribution in [1.29, 1.82) is 5.26 Å². The Morgan fingerprint density at radius 3 is 2.48 bits per heavy atom. The monoisotopic (exact) mass is 339 g/mol. The molecule has 1 aromatic rings. The van der Waals surface area contributed by atoms with Crippen LogP contribution in [0.25, 0.3) is 0 Å². The SMILES string of the molecule is N#CC1(c2ccccc2)CCC(N2CC3CN(C(=O)O)CCC32)CC1. The minimum Gasteiger partial charge on any atom is -0.465 e. The highest BCUT2D eigenvalue weighted by molar-refractivity contribution is 5.65. The Morgan fingerprint density at radius 1 is 1.16 bits per heavy atom. The van der Waals surface area contributed by atoms with Crippen LogP contribution in [-0.2, 0) is 5.41 Å². The van der Waals surface area contributed by atoms with E-state index >= 15 is 0 Å². The maximum Gasteiger partial charge on any atom is 0.407 e. The second kappa shape index (κ2) is 6.34. The van der Waals surface area contributed by atoms with Crippen LogP contribution in [0.3, 0.4) is 0 Å². The lowest BCUT2D eigenvalue weighted by Crippen LogP contribution is -2.66. The molecule has 0 bridgehead atoms. The average Bonchev–Trinajstić information content (AvgIpc) is 2.64. The molecule has 1 amide bonds. The minimum absolute atomic E-state index is 0.325. The number of hydrogen-bond acceptors (Lipinski definition) is 3. The van der Waals surface area contributed by atoms with Crippen molar-refractivity contribution in [2.24, 2.45) is 5.92 Å². The fraction of sp³-hybridized carbons (Fsp3) is 0.600. The Labute approximate surface area is 148 Å². The average molecular weight is 339 g/mol.